The lowest BCUT2D eigenvalue weighted by Gasteiger charge is -2.30. The van der Waals surface area contributed by atoms with Crippen LogP contribution < -0.4 is 0 Å². The molecule has 0 amide bonds. The first-order valence-electron chi connectivity index (χ1n) is 9.24. The molecule has 0 aliphatic carbocycles. The Bertz CT molecular complexity index is 957. The molecule has 6 nitrogen and oxygen atoms in total. The van der Waals surface area contributed by atoms with Gasteiger partial charge in [0.1, 0.15) is 6.33 Å². The lowest BCUT2D eigenvalue weighted by Crippen LogP contribution is -2.34. The van der Waals surface area contributed by atoms with Gasteiger partial charge in [-0.1, -0.05) is 36.4 Å². The predicted octanol–water partition coefficient (Wildman–Crippen LogP) is 2.08. The van der Waals surface area contributed by atoms with Crippen LogP contribution in [0.3, 0.4) is 0 Å². The van der Waals surface area contributed by atoms with Crippen molar-refractivity contribution in [2.75, 3.05) is 25.9 Å². The average Bonchev–Trinajstić information content (AvgIpc) is 2.68. The highest BCUT2D eigenvalue weighted by Gasteiger charge is 2.25. The van der Waals surface area contributed by atoms with Crippen molar-refractivity contribution in [3.63, 3.8) is 0 Å². The monoisotopic (exact) mass is 384 g/mol. The van der Waals surface area contributed by atoms with E-state index in [1.54, 1.807) is 6.33 Å². The van der Waals surface area contributed by atoms with E-state index >= 15 is 0 Å². The Morgan fingerprint density at radius 3 is 2.59 bits per heavy atom. The van der Waals surface area contributed by atoms with Crippen LogP contribution in [0.2, 0.25) is 0 Å². The van der Waals surface area contributed by atoms with Crippen molar-refractivity contribution in [2.45, 2.75) is 25.9 Å². The molecule has 0 atom stereocenters. The maximum absolute atomic E-state index is 11.7. The molecule has 2 aliphatic rings. The van der Waals surface area contributed by atoms with Gasteiger partial charge >= 0.3 is 0 Å². The normalized spacial score (nSPS) is 18.8. The Balaban J connectivity index is 1.56. The van der Waals surface area contributed by atoms with E-state index in [1.165, 1.54) is 21.7 Å². The van der Waals surface area contributed by atoms with E-state index in [4.69, 9.17) is 0 Å². The number of hydrogen-bond donors (Lipinski definition) is 0. The standard InChI is InChI=1S/C20H24N4O2S/c1-27(25,26)24-11-7-17(8-12-24)20-18-14-23(10-9-19(18)21-15-22-20)13-16-5-3-2-4-6-16/h2-7,15H,8-14H2,1H3. The quantitative estimate of drug-likeness (QED) is 0.807. The van der Waals surface area contributed by atoms with Crippen molar-refractivity contribution in [2.24, 2.45) is 0 Å². The highest BCUT2D eigenvalue weighted by Crippen LogP contribution is 2.29. The molecule has 4 rings (SSSR count). The van der Waals surface area contributed by atoms with Gasteiger partial charge in [0, 0.05) is 44.7 Å². The summed E-state index contributed by atoms with van der Waals surface area (Å²) in [7, 11) is -3.14. The van der Waals surface area contributed by atoms with Crippen molar-refractivity contribution in [3.8, 4) is 0 Å². The fourth-order valence-corrected chi connectivity index (χ4v) is 4.59. The van der Waals surface area contributed by atoms with Gasteiger partial charge in [-0.3, -0.25) is 4.90 Å². The molecule has 0 saturated heterocycles. The van der Waals surface area contributed by atoms with Crippen molar-refractivity contribution >= 4 is 15.6 Å². The van der Waals surface area contributed by atoms with Crippen LogP contribution in [0.1, 0.15) is 28.9 Å². The Kier molecular flexibility index (Phi) is 5.08. The zero-order valence-electron chi connectivity index (χ0n) is 15.5. The summed E-state index contributed by atoms with van der Waals surface area (Å²) >= 11 is 0. The largest absolute Gasteiger partial charge is 0.294 e. The fraction of sp³-hybridized carbons (Fsp3) is 0.400. The van der Waals surface area contributed by atoms with Gasteiger partial charge < -0.3 is 0 Å². The van der Waals surface area contributed by atoms with E-state index in [0.717, 1.165) is 43.0 Å². The summed E-state index contributed by atoms with van der Waals surface area (Å²) in [6, 6.07) is 10.5. The Labute approximate surface area is 160 Å². The first-order chi connectivity index (χ1) is 13.0. The highest BCUT2D eigenvalue weighted by atomic mass is 32.2. The highest BCUT2D eigenvalue weighted by molar-refractivity contribution is 7.88. The molecule has 0 saturated carbocycles. The molecule has 2 aliphatic heterocycles. The van der Waals surface area contributed by atoms with Crippen molar-refractivity contribution in [1.82, 2.24) is 19.2 Å². The number of fused-ring (bicyclic) bond motifs is 1. The fourth-order valence-electron chi connectivity index (χ4n) is 3.82. The SMILES string of the molecule is CS(=O)(=O)N1CC=C(c2ncnc3c2CN(Cc2ccccc2)CC3)CC1. The zero-order chi connectivity index (χ0) is 18.9. The molecule has 27 heavy (non-hydrogen) atoms. The smallest absolute Gasteiger partial charge is 0.211 e. The number of benzene rings is 1. The number of hydrogen-bond acceptors (Lipinski definition) is 5. The molecule has 7 heteroatoms. The minimum Gasteiger partial charge on any atom is -0.294 e. The number of aromatic nitrogens is 2. The van der Waals surface area contributed by atoms with Crippen LogP contribution in [0.25, 0.3) is 5.57 Å². The summed E-state index contributed by atoms with van der Waals surface area (Å²) in [6.45, 7) is 3.65. The number of sulfonamides is 1. The Morgan fingerprint density at radius 1 is 1.07 bits per heavy atom. The first kappa shape index (κ1) is 18.3. The van der Waals surface area contributed by atoms with Crippen molar-refractivity contribution in [1.29, 1.82) is 0 Å². The van der Waals surface area contributed by atoms with Crippen LogP contribution in [0, 0.1) is 0 Å². The summed E-state index contributed by atoms with van der Waals surface area (Å²) in [6.07, 6.45) is 6.52. The number of nitrogens with zero attached hydrogens (tertiary/aromatic N) is 4. The minimum atomic E-state index is -3.14. The molecule has 1 aromatic carbocycles. The van der Waals surface area contributed by atoms with Crippen LogP contribution in [0.15, 0.2) is 42.7 Å². The van der Waals surface area contributed by atoms with Crippen LogP contribution >= 0.6 is 0 Å². The van der Waals surface area contributed by atoms with Crippen LogP contribution in [-0.2, 0) is 29.5 Å². The van der Waals surface area contributed by atoms with Crippen LogP contribution in [0.5, 0.6) is 0 Å². The first-order valence-corrected chi connectivity index (χ1v) is 11.1. The summed E-state index contributed by atoms with van der Waals surface area (Å²) in [5.41, 5.74) is 5.75. The van der Waals surface area contributed by atoms with Gasteiger partial charge in [0.05, 0.1) is 17.6 Å². The molecule has 0 unspecified atom stereocenters. The molecule has 142 valence electrons. The van der Waals surface area contributed by atoms with E-state index in [9.17, 15) is 8.42 Å². The summed E-state index contributed by atoms with van der Waals surface area (Å²) in [5, 5.41) is 0. The second-order valence-electron chi connectivity index (χ2n) is 7.19. The molecule has 0 N–H and O–H groups in total. The van der Waals surface area contributed by atoms with Gasteiger partial charge in [-0.2, -0.15) is 4.31 Å². The summed E-state index contributed by atoms with van der Waals surface area (Å²) in [4.78, 5) is 11.5. The van der Waals surface area contributed by atoms with E-state index in [0.29, 0.717) is 19.5 Å². The maximum atomic E-state index is 11.7. The lowest BCUT2D eigenvalue weighted by molar-refractivity contribution is 0.242. The summed E-state index contributed by atoms with van der Waals surface area (Å²) in [5.74, 6) is 0. The molecule has 0 bridgehead atoms. The van der Waals surface area contributed by atoms with Crippen LogP contribution in [0.4, 0.5) is 0 Å². The summed E-state index contributed by atoms with van der Waals surface area (Å²) < 4.78 is 25.0. The Hall–Kier alpha value is -2.09. The lowest BCUT2D eigenvalue weighted by atomic mass is 9.96. The third kappa shape index (κ3) is 4.10. The van der Waals surface area contributed by atoms with Crippen molar-refractivity contribution < 1.29 is 8.42 Å². The van der Waals surface area contributed by atoms with E-state index < -0.39 is 10.0 Å². The molecule has 0 radical (unpaired) electrons. The zero-order valence-corrected chi connectivity index (χ0v) is 16.3. The number of rotatable bonds is 4. The molecule has 1 aromatic heterocycles. The van der Waals surface area contributed by atoms with Crippen molar-refractivity contribution in [3.05, 3.63) is 65.2 Å². The molecule has 0 fully saturated rings. The van der Waals surface area contributed by atoms with E-state index in [-0.39, 0.29) is 0 Å². The Morgan fingerprint density at radius 2 is 1.89 bits per heavy atom. The van der Waals surface area contributed by atoms with Gasteiger partial charge in [-0.15, -0.1) is 0 Å². The second-order valence-corrected chi connectivity index (χ2v) is 9.18. The topological polar surface area (TPSA) is 66.4 Å². The van der Waals surface area contributed by atoms with Gasteiger partial charge in [0.15, 0.2) is 0 Å². The van der Waals surface area contributed by atoms with Gasteiger partial charge in [0.25, 0.3) is 0 Å². The molecule has 3 heterocycles. The van der Waals surface area contributed by atoms with E-state index in [1.807, 2.05) is 12.1 Å². The third-order valence-corrected chi connectivity index (χ3v) is 6.54. The van der Waals surface area contributed by atoms with E-state index in [2.05, 4.69) is 39.1 Å². The van der Waals surface area contributed by atoms with Gasteiger partial charge in [-0.05, 0) is 17.6 Å². The molecule has 0 spiro atoms. The van der Waals surface area contributed by atoms with Gasteiger partial charge in [0.2, 0.25) is 10.0 Å². The third-order valence-electron chi connectivity index (χ3n) is 5.28. The molecular weight excluding hydrogens is 360 g/mol. The van der Waals surface area contributed by atoms with Crippen LogP contribution in [-0.4, -0.2) is 53.5 Å². The predicted molar refractivity (Wildman–Crippen MR) is 105 cm³/mol. The van der Waals surface area contributed by atoms with Gasteiger partial charge in [-0.25, -0.2) is 18.4 Å². The molecular formula is C20H24N4O2S. The average molecular weight is 385 g/mol. The second kappa shape index (κ2) is 7.50. The molecule has 2 aromatic rings. The minimum absolute atomic E-state index is 0.417. The maximum Gasteiger partial charge on any atom is 0.211 e.